The monoisotopic (exact) mass is 285 g/mol. The molecule has 2 aliphatic rings. The van der Waals surface area contributed by atoms with Gasteiger partial charge in [-0.05, 0) is 19.3 Å². The molecule has 0 aromatic rings. The highest BCUT2D eigenvalue weighted by Gasteiger charge is 2.51. The lowest BCUT2D eigenvalue weighted by Crippen LogP contribution is -2.45. The van der Waals surface area contributed by atoms with Crippen molar-refractivity contribution in [1.82, 2.24) is 4.90 Å². The molecule has 0 aromatic heterocycles. The van der Waals surface area contributed by atoms with Crippen molar-refractivity contribution < 1.29 is 19.5 Å². The zero-order valence-corrected chi connectivity index (χ0v) is 11.4. The molecule has 6 heteroatoms. The van der Waals surface area contributed by atoms with Crippen molar-refractivity contribution in [3.63, 3.8) is 0 Å². The number of nitrogens with zero attached hydrogens (tertiary/aromatic N) is 1. The van der Waals surface area contributed by atoms with E-state index in [1.165, 1.54) is 0 Å². The fraction of sp³-hybridized carbons (Fsp3) is 0.615. The van der Waals surface area contributed by atoms with Crippen LogP contribution in [0, 0.1) is 11.8 Å². The van der Waals surface area contributed by atoms with Crippen molar-refractivity contribution in [3.05, 3.63) is 11.1 Å². The van der Waals surface area contributed by atoms with Gasteiger partial charge in [0.2, 0.25) is 11.8 Å². The van der Waals surface area contributed by atoms with Gasteiger partial charge in [-0.25, -0.2) is 4.79 Å². The van der Waals surface area contributed by atoms with Gasteiger partial charge in [-0.1, -0.05) is 31.0 Å². The number of rotatable bonds is 4. The number of halogens is 1. The van der Waals surface area contributed by atoms with E-state index in [1.54, 1.807) is 6.08 Å². The number of carboxylic acid groups (broad SMARTS) is 1. The van der Waals surface area contributed by atoms with Crippen LogP contribution in [0.5, 0.6) is 0 Å². The predicted octanol–water partition coefficient (Wildman–Crippen LogP) is 1.76. The number of imide groups is 1. The SMILES string of the molecule is CCCC(C(=O)O)N1C(=O)C2CC=C(Cl)CC2C1=O. The van der Waals surface area contributed by atoms with Gasteiger partial charge in [0.05, 0.1) is 11.8 Å². The number of hydrogen-bond donors (Lipinski definition) is 1. The molecule has 1 saturated heterocycles. The van der Waals surface area contributed by atoms with Crippen LogP contribution in [-0.4, -0.2) is 33.8 Å². The van der Waals surface area contributed by atoms with Crippen LogP contribution in [0.1, 0.15) is 32.6 Å². The van der Waals surface area contributed by atoms with Gasteiger partial charge in [0.25, 0.3) is 0 Å². The molecule has 2 amide bonds. The van der Waals surface area contributed by atoms with E-state index in [0.717, 1.165) is 4.90 Å². The van der Waals surface area contributed by atoms with E-state index < -0.39 is 23.8 Å². The van der Waals surface area contributed by atoms with Crippen LogP contribution in [-0.2, 0) is 14.4 Å². The summed E-state index contributed by atoms with van der Waals surface area (Å²) in [5, 5.41) is 9.78. The largest absolute Gasteiger partial charge is 0.480 e. The molecule has 1 aliphatic heterocycles. The molecule has 0 spiro atoms. The van der Waals surface area contributed by atoms with Gasteiger partial charge in [0, 0.05) is 5.03 Å². The van der Waals surface area contributed by atoms with E-state index in [9.17, 15) is 19.5 Å². The predicted molar refractivity (Wildman–Crippen MR) is 68.3 cm³/mol. The summed E-state index contributed by atoms with van der Waals surface area (Å²) < 4.78 is 0. The molecule has 1 fully saturated rings. The lowest BCUT2D eigenvalue weighted by molar-refractivity contribution is -0.155. The Morgan fingerprint density at radius 2 is 2.11 bits per heavy atom. The second-order valence-electron chi connectivity index (χ2n) is 4.99. The number of amides is 2. The third kappa shape index (κ3) is 2.39. The molecule has 1 heterocycles. The van der Waals surface area contributed by atoms with E-state index in [4.69, 9.17) is 11.6 Å². The van der Waals surface area contributed by atoms with E-state index >= 15 is 0 Å². The van der Waals surface area contributed by atoms with Crippen molar-refractivity contribution in [2.24, 2.45) is 11.8 Å². The maximum atomic E-state index is 12.3. The highest BCUT2D eigenvalue weighted by atomic mass is 35.5. The lowest BCUT2D eigenvalue weighted by Gasteiger charge is -2.22. The van der Waals surface area contributed by atoms with Crippen molar-refractivity contribution in [2.45, 2.75) is 38.6 Å². The third-order valence-electron chi connectivity index (χ3n) is 3.76. The molecule has 3 atom stereocenters. The number of allylic oxidation sites excluding steroid dienone is 2. The van der Waals surface area contributed by atoms with Gasteiger partial charge in [-0.2, -0.15) is 0 Å². The summed E-state index contributed by atoms with van der Waals surface area (Å²) in [5.41, 5.74) is 0. The van der Waals surface area contributed by atoms with Crippen LogP contribution in [0.3, 0.4) is 0 Å². The molecule has 3 unspecified atom stereocenters. The lowest BCUT2D eigenvalue weighted by atomic mass is 9.85. The Balaban J connectivity index is 2.27. The third-order valence-corrected chi connectivity index (χ3v) is 4.07. The summed E-state index contributed by atoms with van der Waals surface area (Å²) in [6.45, 7) is 1.83. The molecule has 0 bridgehead atoms. The standard InChI is InChI=1S/C13H16ClNO4/c1-2-3-10(13(18)19)15-11(16)8-5-4-7(14)6-9(8)12(15)17/h4,8-10H,2-3,5-6H2,1H3,(H,18,19). The Kier molecular flexibility index (Phi) is 3.94. The number of carbonyl (C=O) groups excluding carboxylic acids is 2. The van der Waals surface area contributed by atoms with Crippen LogP contribution in [0.15, 0.2) is 11.1 Å². The average Bonchev–Trinajstić information content (AvgIpc) is 2.59. The maximum Gasteiger partial charge on any atom is 0.326 e. The minimum Gasteiger partial charge on any atom is -0.480 e. The summed E-state index contributed by atoms with van der Waals surface area (Å²) in [5.74, 6) is -2.79. The number of aliphatic carboxylic acids is 1. The molecule has 0 saturated carbocycles. The molecule has 1 aliphatic carbocycles. The Hall–Kier alpha value is -1.36. The smallest absolute Gasteiger partial charge is 0.326 e. The van der Waals surface area contributed by atoms with Gasteiger partial charge in [-0.15, -0.1) is 0 Å². The van der Waals surface area contributed by atoms with Crippen LogP contribution in [0.4, 0.5) is 0 Å². The number of hydrogen-bond acceptors (Lipinski definition) is 3. The quantitative estimate of drug-likeness (QED) is 0.799. The number of likely N-dealkylation sites (tertiary alicyclic amines) is 1. The van der Waals surface area contributed by atoms with Crippen molar-refractivity contribution >= 4 is 29.4 Å². The van der Waals surface area contributed by atoms with E-state index in [1.807, 2.05) is 6.92 Å². The molecule has 1 N–H and O–H groups in total. The summed E-state index contributed by atoms with van der Waals surface area (Å²) >= 11 is 5.91. The van der Waals surface area contributed by atoms with Crippen LogP contribution in [0.2, 0.25) is 0 Å². The normalized spacial score (nSPS) is 28.1. The molecule has 104 valence electrons. The zero-order chi connectivity index (χ0) is 14.2. The zero-order valence-electron chi connectivity index (χ0n) is 10.6. The maximum absolute atomic E-state index is 12.3. The first-order valence-electron chi connectivity index (χ1n) is 6.41. The topological polar surface area (TPSA) is 74.7 Å². The summed E-state index contributed by atoms with van der Waals surface area (Å²) in [6.07, 6.45) is 3.39. The first-order valence-corrected chi connectivity index (χ1v) is 6.79. The van der Waals surface area contributed by atoms with Crippen LogP contribution in [0.25, 0.3) is 0 Å². The molecule has 0 aromatic carbocycles. The van der Waals surface area contributed by atoms with Gasteiger partial charge in [0.15, 0.2) is 0 Å². The Bertz CT molecular complexity index is 460. The Morgan fingerprint density at radius 1 is 1.47 bits per heavy atom. The molecular weight excluding hydrogens is 270 g/mol. The summed E-state index contributed by atoms with van der Waals surface area (Å²) in [7, 11) is 0. The van der Waals surface area contributed by atoms with E-state index in [-0.39, 0.29) is 18.2 Å². The molecule has 0 radical (unpaired) electrons. The van der Waals surface area contributed by atoms with E-state index in [2.05, 4.69) is 0 Å². The van der Waals surface area contributed by atoms with Crippen LogP contribution >= 0.6 is 11.6 Å². The van der Waals surface area contributed by atoms with Crippen molar-refractivity contribution in [2.75, 3.05) is 0 Å². The average molecular weight is 286 g/mol. The molecular formula is C13H16ClNO4. The summed E-state index contributed by atoms with van der Waals surface area (Å²) in [4.78, 5) is 36.7. The fourth-order valence-electron chi connectivity index (χ4n) is 2.80. The summed E-state index contributed by atoms with van der Waals surface area (Å²) in [6, 6.07) is -1.05. The van der Waals surface area contributed by atoms with Gasteiger partial charge in [-0.3, -0.25) is 14.5 Å². The number of carboxylic acids is 1. The number of fused-ring (bicyclic) bond motifs is 1. The first kappa shape index (κ1) is 14.1. The van der Waals surface area contributed by atoms with E-state index in [0.29, 0.717) is 24.3 Å². The second-order valence-corrected chi connectivity index (χ2v) is 5.48. The van der Waals surface area contributed by atoms with Gasteiger partial charge in [0.1, 0.15) is 6.04 Å². The Labute approximate surface area is 116 Å². The number of carbonyl (C=O) groups is 3. The molecule has 2 rings (SSSR count). The van der Waals surface area contributed by atoms with Crippen LogP contribution < -0.4 is 0 Å². The molecule has 5 nitrogen and oxygen atoms in total. The van der Waals surface area contributed by atoms with Crippen molar-refractivity contribution in [3.8, 4) is 0 Å². The molecule has 19 heavy (non-hydrogen) atoms. The van der Waals surface area contributed by atoms with Gasteiger partial charge < -0.3 is 5.11 Å². The minimum absolute atomic E-state index is 0.285. The van der Waals surface area contributed by atoms with Gasteiger partial charge >= 0.3 is 5.97 Å². The van der Waals surface area contributed by atoms with Crippen molar-refractivity contribution in [1.29, 1.82) is 0 Å². The second kappa shape index (κ2) is 5.33. The Morgan fingerprint density at radius 3 is 2.68 bits per heavy atom. The minimum atomic E-state index is -1.12. The fourth-order valence-corrected chi connectivity index (χ4v) is 3.05. The highest BCUT2D eigenvalue weighted by Crippen LogP contribution is 2.40. The highest BCUT2D eigenvalue weighted by molar-refractivity contribution is 6.30. The first-order chi connectivity index (χ1) is 8.97.